The van der Waals surface area contributed by atoms with Crippen LogP contribution in [0.15, 0.2) is 46.9 Å². The molecule has 0 aliphatic carbocycles. The maximum absolute atomic E-state index is 12.3. The number of urea groups is 1. The summed E-state index contributed by atoms with van der Waals surface area (Å²) in [5.74, 6) is 1.27. The van der Waals surface area contributed by atoms with E-state index in [1.165, 1.54) is 5.56 Å². The van der Waals surface area contributed by atoms with Crippen LogP contribution in [0.2, 0.25) is 0 Å². The molecule has 0 saturated heterocycles. The zero-order valence-corrected chi connectivity index (χ0v) is 16.3. The maximum Gasteiger partial charge on any atom is 0.317 e. The van der Waals surface area contributed by atoms with Gasteiger partial charge in [0.1, 0.15) is 0 Å². The summed E-state index contributed by atoms with van der Waals surface area (Å²) in [5.41, 5.74) is 2.13. The first-order valence-electron chi connectivity index (χ1n) is 7.98. The summed E-state index contributed by atoms with van der Waals surface area (Å²) >= 11 is 3.50. The van der Waals surface area contributed by atoms with Gasteiger partial charge in [0.2, 0.25) is 0 Å². The molecule has 1 N–H and O–H groups in total. The van der Waals surface area contributed by atoms with Gasteiger partial charge in [-0.25, -0.2) is 4.79 Å². The molecule has 0 aromatic heterocycles. The Labute approximate surface area is 157 Å². The number of hydrogen-bond donors (Lipinski definition) is 1. The Balaban J connectivity index is 1.90. The standard InChI is InChI=1S/C19H23BrN2O3/c1-22(10-9-14-7-5-4-6-8-14)19(23)21-13-15-11-17(24-2)18(25-3)12-16(15)20/h4-8,11-12H,9-10,13H2,1-3H3,(H,21,23). The van der Waals surface area contributed by atoms with E-state index in [2.05, 4.69) is 33.4 Å². The maximum atomic E-state index is 12.3. The molecule has 0 heterocycles. The van der Waals surface area contributed by atoms with Crippen LogP contribution in [0, 0.1) is 0 Å². The number of nitrogens with zero attached hydrogens (tertiary/aromatic N) is 1. The zero-order chi connectivity index (χ0) is 18.2. The van der Waals surface area contributed by atoms with Crippen molar-refractivity contribution >= 4 is 22.0 Å². The third-order valence-corrected chi connectivity index (χ3v) is 4.65. The van der Waals surface area contributed by atoms with Crippen LogP contribution >= 0.6 is 15.9 Å². The van der Waals surface area contributed by atoms with Gasteiger partial charge in [0.15, 0.2) is 11.5 Å². The number of hydrogen-bond acceptors (Lipinski definition) is 3. The molecule has 0 fully saturated rings. The Morgan fingerprint density at radius 1 is 1.12 bits per heavy atom. The van der Waals surface area contributed by atoms with E-state index in [4.69, 9.17) is 9.47 Å². The number of likely N-dealkylation sites (N-methyl/N-ethyl adjacent to an activating group) is 1. The molecule has 2 aromatic carbocycles. The van der Waals surface area contributed by atoms with E-state index in [1.54, 1.807) is 26.2 Å². The highest BCUT2D eigenvalue weighted by Crippen LogP contribution is 2.33. The normalized spacial score (nSPS) is 10.2. The van der Waals surface area contributed by atoms with Crippen molar-refractivity contribution in [2.24, 2.45) is 0 Å². The molecule has 2 amide bonds. The molecule has 6 heteroatoms. The fourth-order valence-corrected chi connectivity index (χ4v) is 2.84. The summed E-state index contributed by atoms with van der Waals surface area (Å²) in [6.45, 7) is 1.05. The Kier molecular flexibility index (Phi) is 7.13. The van der Waals surface area contributed by atoms with Crippen LogP contribution in [0.4, 0.5) is 4.79 Å². The monoisotopic (exact) mass is 406 g/mol. The van der Waals surface area contributed by atoms with Crippen LogP contribution in [-0.2, 0) is 13.0 Å². The van der Waals surface area contributed by atoms with Gasteiger partial charge in [0, 0.05) is 24.6 Å². The van der Waals surface area contributed by atoms with Gasteiger partial charge in [-0.2, -0.15) is 0 Å². The number of halogens is 1. The highest BCUT2D eigenvalue weighted by Gasteiger charge is 2.12. The fourth-order valence-electron chi connectivity index (χ4n) is 2.38. The van der Waals surface area contributed by atoms with Gasteiger partial charge >= 0.3 is 6.03 Å². The van der Waals surface area contributed by atoms with Crippen LogP contribution in [-0.4, -0.2) is 38.7 Å². The number of carbonyl (C=O) groups excluding carboxylic acids is 1. The summed E-state index contributed by atoms with van der Waals surface area (Å²) in [4.78, 5) is 14.0. The molecular weight excluding hydrogens is 384 g/mol. The number of methoxy groups -OCH3 is 2. The van der Waals surface area contributed by atoms with Crippen LogP contribution in [0.3, 0.4) is 0 Å². The summed E-state index contributed by atoms with van der Waals surface area (Å²) < 4.78 is 11.4. The first kappa shape index (κ1) is 19.1. The van der Waals surface area contributed by atoms with Gasteiger partial charge in [-0.1, -0.05) is 46.3 Å². The van der Waals surface area contributed by atoms with Crippen molar-refractivity contribution in [2.45, 2.75) is 13.0 Å². The lowest BCUT2D eigenvalue weighted by molar-refractivity contribution is 0.209. The Bertz CT molecular complexity index is 707. The minimum Gasteiger partial charge on any atom is -0.493 e. The minimum absolute atomic E-state index is 0.113. The molecule has 0 aliphatic heterocycles. The van der Waals surface area contributed by atoms with Crippen LogP contribution < -0.4 is 14.8 Å². The van der Waals surface area contributed by atoms with Gasteiger partial charge < -0.3 is 19.7 Å². The van der Waals surface area contributed by atoms with Crippen molar-refractivity contribution in [3.05, 3.63) is 58.1 Å². The van der Waals surface area contributed by atoms with Crippen LogP contribution in [0.1, 0.15) is 11.1 Å². The third-order valence-electron chi connectivity index (χ3n) is 3.91. The third kappa shape index (κ3) is 5.39. The van der Waals surface area contributed by atoms with Gasteiger partial charge in [-0.3, -0.25) is 0 Å². The lowest BCUT2D eigenvalue weighted by Gasteiger charge is -2.19. The van der Waals surface area contributed by atoms with E-state index in [9.17, 15) is 4.79 Å². The molecule has 0 bridgehead atoms. The van der Waals surface area contributed by atoms with Crippen LogP contribution in [0.5, 0.6) is 11.5 Å². The van der Waals surface area contributed by atoms with Gasteiger partial charge in [0.05, 0.1) is 14.2 Å². The Hall–Kier alpha value is -2.21. The number of rotatable bonds is 7. The topological polar surface area (TPSA) is 50.8 Å². The predicted molar refractivity (Wildman–Crippen MR) is 102 cm³/mol. The molecule has 5 nitrogen and oxygen atoms in total. The number of benzene rings is 2. The van der Waals surface area contributed by atoms with E-state index in [-0.39, 0.29) is 6.03 Å². The SMILES string of the molecule is COc1cc(Br)c(CNC(=O)N(C)CCc2ccccc2)cc1OC. The van der Waals surface area contributed by atoms with Gasteiger partial charge in [-0.05, 0) is 29.7 Å². The highest BCUT2D eigenvalue weighted by atomic mass is 79.9. The molecule has 2 rings (SSSR count). The first-order valence-corrected chi connectivity index (χ1v) is 8.77. The quantitative estimate of drug-likeness (QED) is 0.759. The van der Waals surface area contributed by atoms with Gasteiger partial charge in [-0.15, -0.1) is 0 Å². The molecule has 0 saturated carbocycles. The smallest absolute Gasteiger partial charge is 0.317 e. The molecule has 0 unspecified atom stereocenters. The molecule has 0 aliphatic rings. The van der Waals surface area contributed by atoms with Crippen LogP contribution in [0.25, 0.3) is 0 Å². The predicted octanol–water partition coefficient (Wildman–Crippen LogP) is 3.85. The van der Waals surface area contributed by atoms with E-state index in [0.29, 0.717) is 24.6 Å². The van der Waals surface area contributed by atoms with E-state index in [0.717, 1.165) is 16.5 Å². The molecule has 134 valence electrons. The van der Waals surface area contributed by atoms with Crippen molar-refractivity contribution in [3.63, 3.8) is 0 Å². The number of nitrogens with one attached hydrogen (secondary N) is 1. The number of amides is 2. The second kappa shape index (κ2) is 9.32. The second-order valence-electron chi connectivity index (χ2n) is 5.61. The number of ether oxygens (including phenoxy) is 2. The molecule has 0 radical (unpaired) electrons. The average Bonchev–Trinajstić information content (AvgIpc) is 2.65. The molecular formula is C19H23BrN2O3. The molecule has 25 heavy (non-hydrogen) atoms. The van der Waals surface area contributed by atoms with E-state index in [1.807, 2.05) is 30.3 Å². The zero-order valence-electron chi connectivity index (χ0n) is 14.7. The van der Waals surface area contributed by atoms with Crippen molar-refractivity contribution in [1.82, 2.24) is 10.2 Å². The molecule has 0 spiro atoms. The summed E-state index contributed by atoms with van der Waals surface area (Å²) in [5, 5.41) is 2.93. The van der Waals surface area contributed by atoms with Crippen molar-refractivity contribution < 1.29 is 14.3 Å². The summed E-state index contributed by atoms with van der Waals surface area (Å²) in [6.07, 6.45) is 0.824. The largest absolute Gasteiger partial charge is 0.493 e. The van der Waals surface area contributed by atoms with Crippen molar-refractivity contribution in [1.29, 1.82) is 0 Å². The Morgan fingerprint density at radius 3 is 2.40 bits per heavy atom. The Morgan fingerprint density at radius 2 is 1.76 bits per heavy atom. The summed E-state index contributed by atoms with van der Waals surface area (Å²) in [7, 11) is 4.97. The minimum atomic E-state index is -0.113. The van der Waals surface area contributed by atoms with E-state index >= 15 is 0 Å². The first-order chi connectivity index (χ1) is 12.0. The molecule has 2 aromatic rings. The highest BCUT2D eigenvalue weighted by molar-refractivity contribution is 9.10. The fraction of sp³-hybridized carbons (Fsp3) is 0.316. The van der Waals surface area contributed by atoms with Crippen molar-refractivity contribution in [3.8, 4) is 11.5 Å². The van der Waals surface area contributed by atoms with Crippen molar-refractivity contribution in [2.75, 3.05) is 27.8 Å². The van der Waals surface area contributed by atoms with Gasteiger partial charge in [0.25, 0.3) is 0 Å². The second-order valence-corrected chi connectivity index (χ2v) is 6.47. The van der Waals surface area contributed by atoms with E-state index < -0.39 is 0 Å². The summed E-state index contributed by atoms with van der Waals surface area (Å²) in [6, 6.07) is 13.7. The lowest BCUT2D eigenvalue weighted by atomic mass is 10.1. The molecule has 0 atom stereocenters. The number of carbonyl (C=O) groups is 1. The lowest BCUT2D eigenvalue weighted by Crippen LogP contribution is -2.38. The average molecular weight is 407 g/mol.